The summed E-state index contributed by atoms with van der Waals surface area (Å²) in [6.07, 6.45) is 30.9. The van der Waals surface area contributed by atoms with Gasteiger partial charge in [-0.3, -0.25) is 29.4 Å². The van der Waals surface area contributed by atoms with E-state index in [0.29, 0.717) is 79.4 Å². The van der Waals surface area contributed by atoms with Crippen LogP contribution in [0.1, 0.15) is 166 Å². The summed E-state index contributed by atoms with van der Waals surface area (Å²) in [6, 6.07) is 15.5. The van der Waals surface area contributed by atoms with E-state index >= 15 is 0 Å². The molecule has 3 amide bonds. The summed E-state index contributed by atoms with van der Waals surface area (Å²) in [5.74, 6) is 2.76. The Morgan fingerprint density at radius 2 is 1.40 bits per heavy atom. The number of nitrogens with one attached hydrogen (secondary N) is 1. The molecule has 2 saturated heterocycles. The van der Waals surface area contributed by atoms with Gasteiger partial charge in [0.2, 0.25) is 17.7 Å². The highest BCUT2D eigenvalue weighted by molar-refractivity contribution is 6.02. The molecule has 2 aromatic carbocycles. The molecule has 2 aromatic heterocycles. The number of carbonyl (C=O) groups is 4. The summed E-state index contributed by atoms with van der Waals surface area (Å²) in [7, 11) is 0. The fourth-order valence-corrected chi connectivity index (χ4v) is 13.3. The van der Waals surface area contributed by atoms with Gasteiger partial charge in [0.1, 0.15) is 29.8 Å². The van der Waals surface area contributed by atoms with Crippen LogP contribution in [0.5, 0.6) is 11.5 Å². The molecule has 4 aromatic rings. The lowest BCUT2D eigenvalue weighted by Crippen LogP contribution is -2.54. The van der Waals surface area contributed by atoms with E-state index in [1.165, 1.54) is 95.5 Å². The first-order chi connectivity index (χ1) is 35.8. The molecule has 73 heavy (non-hydrogen) atoms. The summed E-state index contributed by atoms with van der Waals surface area (Å²) in [5.41, 5.74) is 10.9. The lowest BCUT2D eigenvalue weighted by Gasteiger charge is -2.42. The normalized spacial score (nSPS) is 25.7. The standard InChI is InChI=1S/C58H77N9O6/c59-56-51(36-48(62-63-56)47-22-13-14-25-52(47)73-58(71)43-20-10-6-9-18-41(19-11-12-21-43)40-16-7-4-2-1-3-5-8-17-40)67-38-45(37-60-67)65-33-32-64(39-54(65)69)44-28-26-42(27-29-44)46-23-15-24-49-55(46)72-35-34-66(49)50-30-31-53(68)61-57(50)70/h13-15,22-25,36-38,40-44,50H,1-12,16-21,26-35,39H2,(H2,59,63)(H,61,68,70)/t41?,42?,43?,44?,50-/m0/s1. The van der Waals surface area contributed by atoms with Crippen LogP contribution >= 0.6 is 0 Å². The largest absolute Gasteiger partial charge is 0.489 e. The van der Waals surface area contributed by atoms with Crippen LogP contribution in [0, 0.1) is 17.8 Å². The lowest BCUT2D eigenvalue weighted by molar-refractivity contribution is -0.139. The smallest absolute Gasteiger partial charge is 0.314 e. The number of fused-ring (bicyclic) bond motifs is 1. The zero-order valence-corrected chi connectivity index (χ0v) is 42.9. The van der Waals surface area contributed by atoms with Crippen LogP contribution in [-0.4, -0.2) is 93.4 Å². The van der Waals surface area contributed by atoms with Gasteiger partial charge in [-0.15, -0.1) is 10.2 Å². The summed E-state index contributed by atoms with van der Waals surface area (Å²) < 4.78 is 14.2. The Morgan fingerprint density at radius 1 is 0.712 bits per heavy atom. The van der Waals surface area contributed by atoms with Crippen molar-refractivity contribution in [3.8, 4) is 28.4 Å². The van der Waals surface area contributed by atoms with Crippen molar-refractivity contribution in [2.45, 2.75) is 172 Å². The second-order valence-electron chi connectivity index (χ2n) is 22.0. The number of carbonyl (C=O) groups excluding carboxylic acids is 4. The summed E-state index contributed by atoms with van der Waals surface area (Å²) in [6.45, 7) is 2.70. The van der Waals surface area contributed by atoms with Gasteiger partial charge < -0.3 is 25.0 Å². The van der Waals surface area contributed by atoms with Crippen LogP contribution in [0.2, 0.25) is 0 Å². The molecular weight excluding hydrogens is 919 g/mol. The molecule has 390 valence electrons. The van der Waals surface area contributed by atoms with Crippen molar-refractivity contribution in [3.63, 3.8) is 0 Å². The molecule has 2 unspecified atom stereocenters. The van der Waals surface area contributed by atoms with Gasteiger partial charge in [0.05, 0.1) is 48.5 Å². The number of amides is 3. The molecule has 0 bridgehead atoms. The number of imide groups is 1. The number of para-hydroxylation sites is 2. The van der Waals surface area contributed by atoms with Crippen molar-refractivity contribution >= 4 is 40.9 Å². The van der Waals surface area contributed by atoms with Gasteiger partial charge in [0, 0.05) is 31.1 Å². The first-order valence-electron chi connectivity index (χ1n) is 28.2. The second kappa shape index (κ2) is 24.0. The van der Waals surface area contributed by atoms with Crippen molar-refractivity contribution in [3.05, 3.63) is 66.5 Å². The maximum absolute atomic E-state index is 14.0. The fraction of sp³-hybridized carbons (Fsp3) is 0.603. The number of hydrogen-bond donors (Lipinski definition) is 2. The first kappa shape index (κ1) is 50.7. The van der Waals surface area contributed by atoms with Crippen LogP contribution in [0.25, 0.3) is 16.9 Å². The molecule has 15 heteroatoms. The van der Waals surface area contributed by atoms with E-state index in [9.17, 15) is 19.2 Å². The fourth-order valence-electron chi connectivity index (χ4n) is 13.3. The van der Waals surface area contributed by atoms with E-state index in [1.807, 2.05) is 42.6 Å². The van der Waals surface area contributed by atoms with Gasteiger partial charge in [-0.25, -0.2) is 4.68 Å². The predicted molar refractivity (Wildman–Crippen MR) is 283 cm³/mol. The number of piperidine rings is 1. The van der Waals surface area contributed by atoms with Crippen molar-refractivity contribution in [2.24, 2.45) is 17.8 Å². The van der Waals surface area contributed by atoms with Crippen LogP contribution < -0.4 is 30.3 Å². The maximum Gasteiger partial charge on any atom is 0.314 e. The highest BCUT2D eigenvalue weighted by Crippen LogP contribution is 2.45. The number of anilines is 3. The number of nitrogens with zero attached hydrogens (tertiary/aromatic N) is 7. The topological polar surface area (TPSA) is 178 Å². The van der Waals surface area contributed by atoms with Gasteiger partial charge >= 0.3 is 5.97 Å². The molecule has 3 atom stereocenters. The zero-order valence-electron chi connectivity index (χ0n) is 42.9. The van der Waals surface area contributed by atoms with Crippen LogP contribution in [0.15, 0.2) is 60.9 Å². The predicted octanol–water partition coefficient (Wildman–Crippen LogP) is 10.1. The van der Waals surface area contributed by atoms with Crippen LogP contribution in [0.4, 0.5) is 17.2 Å². The highest BCUT2D eigenvalue weighted by atomic mass is 16.5. The molecule has 5 fully saturated rings. The average Bonchev–Trinajstić information content (AvgIpc) is 3.88. The van der Waals surface area contributed by atoms with E-state index in [-0.39, 0.29) is 41.5 Å². The van der Waals surface area contributed by atoms with E-state index in [2.05, 4.69) is 42.5 Å². The van der Waals surface area contributed by atoms with Gasteiger partial charge in [0.15, 0.2) is 5.82 Å². The van der Waals surface area contributed by atoms with E-state index in [0.717, 1.165) is 81.2 Å². The van der Waals surface area contributed by atoms with Gasteiger partial charge in [0.25, 0.3) is 0 Å². The number of benzene rings is 2. The number of rotatable bonds is 9. The minimum absolute atomic E-state index is 0.0234. The van der Waals surface area contributed by atoms with Crippen LogP contribution in [-0.2, 0) is 19.2 Å². The minimum Gasteiger partial charge on any atom is -0.489 e. The van der Waals surface area contributed by atoms with E-state index in [1.54, 1.807) is 15.8 Å². The Balaban J connectivity index is 0.736. The van der Waals surface area contributed by atoms with E-state index in [4.69, 9.17) is 15.2 Å². The molecule has 0 radical (unpaired) electrons. The molecule has 6 aliphatic rings. The van der Waals surface area contributed by atoms with Gasteiger partial charge in [-0.1, -0.05) is 127 Å². The summed E-state index contributed by atoms with van der Waals surface area (Å²) >= 11 is 0. The van der Waals surface area contributed by atoms with Crippen molar-refractivity contribution in [1.82, 2.24) is 30.2 Å². The number of nitrogen functional groups attached to an aromatic ring is 1. The van der Waals surface area contributed by atoms with Gasteiger partial charge in [-0.05, 0) is 92.5 Å². The Hall–Kier alpha value is -5.83. The SMILES string of the molecule is Nc1nnc(-c2ccccc2OC(=O)C2CCCCCC(C3CCCCCCCCC3)CCCC2)cc1-n1cc(N2CCN(C3CCC(c4cccc5c4OCCN5[C@H]4CCC(=O)NC4=O)CC3)CC2=O)cn1. The molecule has 3 saturated carbocycles. The quantitative estimate of drug-likeness (QED) is 0.0923. The van der Waals surface area contributed by atoms with Crippen LogP contribution in [0.3, 0.4) is 0 Å². The first-order valence-corrected chi connectivity index (χ1v) is 28.2. The third kappa shape index (κ3) is 12.1. The maximum atomic E-state index is 14.0. The molecule has 15 nitrogen and oxygen atoms in total. The van der Waals surface area contributed by atoms with Crippen molar-refractivity contribution < 1.29 is 28.7 Å². The van der Waals surface area contributed by atoms with Gasteiger partial charge in [-0.2, -0.15) is 5.10 Å². The Bertz CT molecular complexity index is 2550. The number of aromatic nitrogens is 4. The number of hydrogen-bond acceptors (Lipinski definition) is 12. The summed E-state index contributed by atoms with van der Waals surface area (Å²) in [5, 5.41) is 16.0. The third-order valence-corrected chi connectivity index (χ3v) is 17.4. The monoisotopic (exact) mass is 996 g/mol. The molecule has 0 spiro atoms. The lowest BCUT2D eigenvalue weighted by atomic mass is 9.77. The molecule has 3 N–H and O–H groups in total. The Kier molecular flexibility index (Phi) is 16.7. The third-order valence-electron chi connectivity index (χ3n) is 17.4. The number of nitrogens with two attached hydrogens (primary N) is 1. The number of ether oxygens (including phenoxy) is 2. The molecule has 10 rings (SSSR count). The summed E-state index contributed by atoms with van der Waals surface area (Å²) in [4.78, 5) is 58.8. The molecule has 5 heterocycles. The average molecular weight is 996 g/mol. The van der Waals surface area contributed by atoms with Crippen molar-refractivity contribution in [1.29, 1.82) is 0 Å². The minimum atomic E-state index is -0.383. The zero-order chi connectivity index (χ0) is 50.1. The number of piperazine rings is 1. The van der Waals surface area contributed by atoms with E-state index < -0.39 is 0 Å². The molecular formula is C58H77N9O6. The van der Waals surface area contributed by atoms with Crippen molar-refractivity contribution in [2.75, 3.05) is 48.3 Å². The second-order valence-corrected chi connectivity index (χ2v) is 22.0. The Morgan fingerprint density at radius 3 is 2.14 bits per heavy atom. The Labute approximate surface area is 431 Å². The molecule has 3 aliphatic heterocycles. The number of esters is 1. The molecule has 3 aliphatic carbocycles. The highest BCUT2D eigenvalue weighted by Gasteiger charge is 2.38.